The van der Waals surface area contributed by atoms with E-state index in [4.69, 9.17) is 9.40 Å². The molecule has 3 aromatic heterocycles. The summed E-state index contributed by atoms with van der Waals surface area (Å²) in [7, 11) is 0. The van der Waals surface area contributed by atoms with Crippen molar-refractivity contribution in [1.29, 1.82) is 0 Å². The van der Waals surface area contributed by atoms with Crippen molar-refractivity contribution in [3.05, 3.63) is 117 Å². The van der Waals surface area contributed by atoms with Crippen LogP contribution in [0.25, 0.3) is 39.1 Å². The fourth-order valence-corrected chi connectivity index (χ4v) is 4.51. The molecule has 180 valence electrons. The van der Waals surface area contributed by atoms with Gasteiger partial charge in [0.25, 0.3) is 5.56 Å². The number of halogens is 1. The first-order chi connectivity index (χ1) is 18.0. The zero-order valence-electron chi connectivity index (χ0n) is 19.1. The maximum atomic E-state index is 13.5. The highest BCUT2D eigenvalue weighted by atomic mass is 79.9. The molecule has 1 N–H and O–H groups in total. The Morgan fingerprint density at radius 3 is 2.62 bits per heavy atom. The smallest absolute Gasteiger partial charge is 0.335 e. The van der Waals surface area contributed by atoms with Crippen LogP contribution in [0.3, 0.4) is 0 Å². The summed E-state index contributed by atoms with van der Waals surface area (Å²) in [5.74, 6) is -0.307. The number of nitrogens with zero attached hydrogens (tertiary/aromatic N) is 4. The summed E-state index contributed by atoms with van der Waals surface area (Å²) in [5.41, 5.74) is 2.50. The molecule has 0 aliphatic rings. The number of aromatic carboxylic acids is 1. The molecule has 0 radical (unpaired) electrons. The topological polar surface area (TPSA) is 103 Å². The second-order valence-corrected chi connectivity index (χ2v) is 9.18. The number of rotatable bonds is 5. The minimum atomic E-state index is -0.991. The van der Waals surface area contributed by atoms with Crippen LogP contribution in [0.2, 0.25) is 0 Å². The van der Waals surface area contributed by atoms with E-state index in [1.54, 1.807) is 36.5 Å². The van der Waals surface area contributed by atoms with Gasteiger partial charge in [0.2, 0.25) is 5.82 Å². The molecule has 6 rings (SSSR count). The molecule has 8 nitrogen and oxygen atoms in total. The SMILES string of the molecule is O=C(O)c1ccc(-n2cccc2C=Nn2c(-c3cc4cc(Br)ccc4o3)nc3ccccc3c2=O)cc1. The van der Waals surface area contributed by atoms with E-state index in [-0.39, 0.29) is 16.9 Å². The molecular weight excluding hydrogens is 536 g/mol. The van der Waals surface area contributed by atoms with Gasteiger partial charge in [0.05, 0.1) is 28.4 Å². The molecule has 37 heavy (non-hydrogen) atoms. The lowest BCUT2D eigenvalue weighted by atomic mass is 10.2. The third kappa shape index (κ3) is 4.15. The van der Waals surface area contributed by atoms with Crippen molar-refractivity contribution in [2.24, 2.45) is 5.10 Å². The number of para-hydroxylation sites is 1. The van der Waals surface area contributed by atoms with Crippen molar-refractivity contribution in [2.75, 3.05) is 0 Å². The van der Waals surface area contributed by atoms with Crippen LogP contribution in [0.1, 0.15) is 16.1 Å². The van der Waals surface area contributed by atoms with E-state index >= 15 is 0 Å². The van der Waals surface area contributed by atoms with Crippen molar-refractivity contribution in [2.45, 2.75) is 0 Å². The fraction of sp³-hybridized carbons (Fsp3) is 0. The highest BCUT2D eigenvalue weighted by Crippen LogP contribution is 2.29. The van der Waals surface area contributed by atoms with Crippen molar-refractivity contribution >= 4 is 50.0 Å². The maximum absolute atomic E-state index is 13.5. The Labute approximate surface area is 217 Å². The van der Waals surface area contributed by atoms with E-state index < -0.39 is 5.97 Å². The first-order valence-electron chi connectivity index (χ1n) is 11.2. The van der Waals surface area contributed by atoms with Crippen LogP contribution in [-0.4, -0.2) is 31.5 Å². The standard InChI is InChI=1S/C28H17BrN4O4/c29-19-9-12-24-18(14-19)15-25(37-24)26-31-23-6-2-1-5-22(23)27(34)33(26)30-16-21-4-3-13-32(21)20-10-7-17(8-11-20)28(35)36/h1-16H,(H,35,36). The Kier molecular flexibility index (Phi) is 5.54. The van der Waals surface area contributed by atoms with Gasteiger partial charge in [-0.3, -0.25) is 4.79 Å². The predicted molar refractivity (Wildman–Crippen MR) is 145 cm³/mol. The molecule has 0 saturated carbocycles. The molecule has 0 atom stereocenters. The van der Waals surface area contributed by atoms with E-state index in [9.17, 15) is 14.7 Å². The minimum Gasteiger partial charge on any atom is -0.478 e. The van der Waals surface area contributed by atoms with Gasteiger partial charge in [-0.25, -0.2) is 9.78 Å². The lowest BCUT2D eigenvalue weighted by Gasteiger charge is -2.09. The van der Waals surface area contributed by atoms with Crippen LogP contribution in [0.15, 0.2) is 110 Å². The lowest BCUT2D eigenvalue weighted by molar-refractivity contribution is 0.0697. The Balaban J connectivity index is 1.48. The summed E-state index contributed by atoms with van der Waals surface area (Å²) in [6.45, 7) is 0. The Morgan fingerprint density at radius 1 is 1.00 bits per heavy atom. The fourth-order valence-electron chi connectivity index (χ4n) is 4.13. The lowest BCUT2D eigenvalue weighted by Crippen LogP contribution is -2.20. The van der Waals surface area contributed by atoms with E-state index in [0.29, 0.717) is 27.9 Å². The van der Waals surface area contributed by atoms with Gasteiger partial charge in [0.15, 0.2) is 5.76 Å². The molecule has 3 aromatic carbocycles. The number of carbonyl (C=O) groups is 1. The van der Waals surface area contributed by atoms with E-state index in [1.165, 1.54) is 16.8 Å². The quantitative estimate of drug-likeness (QED) is 0.266. The third-order valence-corrected chi connectivity index (χ3v) is 6.42. The summed E-state index contributed by atoms with van der Waals surface area (Å²) < 4.78 is 10.0. The molecule has 9 heteroatoms. The Hall–Kier alpha value is -4.76. The number of hydrogen-bond donors (Lipinski definition) is 1. The number of aromatic nitrogens is 3. The Morgan fingerprint density at radius 2 is 1.81 bits per heavy atom. The second-order valence-electron chi connectivity index (χ2n) is 8.26. The summed E-state index contributed by atoms with van der Waals surface area (Å²) in [6, 6.07) is 24.7. The summed E-state index contributed by atoms with van der Waals surface area (Å²) in [5, 5.41) is 15.0. The Bertz CT molecular complexity index is 1900. The second kappa shape index (κ2) is 9.03. The number of furan rings is 1. The number of benzene rings is 3. The average Bonchev–Trinajstić information content (AvgIpc) is 3.55. The van der Waals surface area contributed by atoms with Gasteiger partial charge in [-0.05, 0) is 72.8 Å². The maximum Gasteiger partial charge on any atom is 0.335 e. The highest BCUT2D eigenvalue weighted by Gasteiger charge is 2.17. The van der Waals surface area contributed by atoms with Gasteiger partial charge in [0.1, 0.15) is 5.58 Å². The molecule has 0 bridgehead atoms. The van der Waals surface area contributed by atoms with Gasteiger partial charge in [-0.15, -0.1) is 0 Å². The normalized spacial score (nSPS) is 11.6. The first kappa shape index (κ1) is 22.7. The third-order valence-electron chi connectivity index (χ3n) is 5.93. The molecule has 0 aliphatic carbocycles. The van der Waals surface area contributed by atoms with Crippen molar-refractivity contribution in [3.63, 3.8) is 0 Å². The van der Waals surface area contributed by atoms with Gasteiger partial charge in [-0.2, -0.15) is 9.78 Å². The van der Waals surface area contributed by atoms with E-state index in [2.05, 4.69) is 21.0 Å². The zero-order valence-corrected chi connectivity index (χ0v) is 20.7. The zero-order chi connectivity index (χ0) is 25.5. The number of fused-ring (bicyclic) bond motifs is 2. The van der Waals surface area contributed by atoms with Crippen molar-refractivity contribution < 1.29 is 14.3 Å². The molecular formula is C28H17BrN4O4. The van der Waals surface area contributed by atoms with Crippen LogP contribution in [0, 0.1) is 0 Å². The molecule has 0 saturated heterocycles. The summed E-state index contributed by atoms with van der Waals surface area (Å²) >= 11 is 3.47. The largest absolute Gasteiger partial charge is 0.478 e. The number of carboxylic acids is 1. The summed E-state index contributed by atoms with van der Waals surface area (Å²) in [4.78, 5) is 29.4. The molecule has 0 amide bonds. The van der Waals surface area contributed by atoms with Crippen LogP contribution >= 0.6 is 15.9 Å². The molecule has 0 aliphatic heterocycles. The molecule has 0 spiro atoms. The van der Waals surface area contributed by atoms with E-state index in [0.717, 1.165) is 15.5 Å². The van der Waals surface area contributed by atoms with Crippen LogP contribution in [0.4, 0.5) is 0 Å². The van der Waals surface area contributed by atoms with Gasteiger partial charge in [-0.1, -0.05) is 28.1 Å². The minimum absolute atomic E-state index is 0.197. The first-order valence-corrected chi connectivity index (χ1v) is 12.0. The van der Waals surface area contributed by atoms with Crippen molar-refractivity contribution in [1.82, 2.24) is 14.2 Å². The monoisotopic (exact) mass is 552 g/mol. The molecule has 0 fully saturated rings. The van der Waals surface area contributed by atoms with Gasteiger partial charge >= 0.3 is 5.97 Å². The van der Waals surface area contributed by atoms with Crippen LogP contribution in [-0.2, 0) is 0 Å². The molecule has 6 aromatic rings. The molecule has 0 unspecified atom stereocenters. The van der Waals surface area contributed by atoms with E-state index in [1.807, 2.05) is 53.2 Å². The van der Waals surface area contributed by atoms with Crippen LogP contribution < -0.4 is 5.56 Å². The molecule has 3 heterocycles. The summed E-state index contributed by atoms with van der Waals surface area (Å²) in [6.07, 6.45) is 3.39. The number of carboxylic acid groups (broad SMARTS) is 1. The average molecular weight is 553 g/mol. The highest BCUT2D eigenvalue weighted by molar-refractivity contribution is 9.10. The van der Waals surface area contributed by atoms with Gasteiger partial charge in [0, 0.05) is 21.7 Å². The van der Waals surface area contributed by atoms with Crippen LogP contribution in [0.5, 0.6) is 0 Å². The number of hydrogen-bond acceptors (Lipinski definition) is 5. The van der Waals surface area contributed by atoms with Gasteiger partial charge < -0.3 is 14.1 Å². The predicted octanol–water partition coefficient (Wildman–Crippen LogP) is 5.94. The van der Waals surface area contributed by atoms with Crippen molar-refractivity contribution in [3.8, 4) is 17.3 Å².